The molecule has 3 rings (SSSR count). The van der Waals surface area contributed by atoms with Crippen molar-refractivity contribution in [3.05, 3.63) is 67.3 Å². The van der Waals surface area contributed by atoms with E-state index >= 15 is 0 Å². The van der Waals surface area contributed by atoms with Gasteiger partial charge in [0.15, 0.2) is 0 Å². The lowest BCUT2D eigenvalue weighted by molar-refractivity contribution is -0.117. The van der Waals surface area contributed by atoms with Gasteiger partial charge in [-0.3, -0.25) is 4.79 Å². The number of hydrogen-bond donors (Lipinski definition) is 0. The summed E-state index contributed by atoms with van der Waals surface area (Å²) < 4.78 is 5.81. The van der Waals surface area contributed by atoms with Gasteiger partial charge in [-0.05, 0) is 24.3 Å². The van der Waals surface area contributed by atoms with Gasteiger partial charge in [0.05, 0.1) is 0 Å². The van der Waals surface area contributed by atoms with Crippen LogP contribution in [0.4, 0.5) is 5.69 Å². The summed E-state index contributed by atoms with van der Waals surface area (Å²) in [5.74, 6) is 1.88. The number of para-hydroxylation sites is 1. The van der Waals surface area contributed by atoms with Crippen LogP contribution in [0.15, 0.2) is 67.3 Å². The third-order valence-corrected chi connectivity index (χ3v) is 3.60. The average Bonchev–Trinajstić information content (AvgIpc) is 2.90. The van der Waals surface area contributed by atoms with E-state index in [0.717, 1.165) is 17.2 Å². The zero-order chi connectivity index (χ0) is 14.7. The van der Waals surface area contributed by atoms with Gasteiger partial charge < -0.3 is 9.64 Å². The molecular formula is C18H17NO2. The highest BCUT2D eigenvalue weighted by molar-refractivity contribution is 5.96. The van der Waals surface area contributed by atoms with Crippen molar-refractivity contribution < 1.29 is 9.53 Å². The number of carbonyl (C=O) groups excluding carboxylic acids is 1. The van der Waals surface area contributed by atoms with Gasteiger partial charge in [-0.25, -0.2) is 0 Å². The van der Waals surface area contributed by atoms with Gasteiger partial charge in [-0.2, -0.15) is 0 Å². The van der Waals surface area contributed by atoms with Crippen molar-refractivity contribution in [2.75, 3.05) is 11.4 Å². The highest BCUT2D eigenvalue weighted by atomic mass is 16.5. The Morgan fingerprint density at radius 3 is 2.57 bits per heavy atom. The first kappa shape index (κ1) is 13.4. The van der Waals surface area contributed by atoms with Crippen LogP contribution in [-0.2, 0) is 4.79 Å². The fourth-order valence-electron chi connectivity index (χ4n) is 2.48. The molecule has 3 heteroatoms. The molecule has 0 N–H and O–H groups in total. The number of nitrogens with zero attached hydrogens (tertiary/aromatic N) is 1. The highest BCUT2D eigenvalue weighted by Crippen LogP contribution is 2.30. The first-order valence-electron chi connectivity index (χ1n) is 7.02. The van der Waals surface area contributed by atoms with Crippen LogP contribution in [0.5, 0.6) is 11.5 Å². The van der Waals surface area contributed by atoms with Gasteiger partial charge in [0.1, 0.15) is 11.5 Å². The molecule has 2 aromatic carbocycles. The number of anilines is 1. The first-order chi connectivity index (χ1) is 10.3. The maximum absolute atomic E-state index is 12.1. The standard InChI is InChI=1S/C18H17NO2/c1-2-14-11-18(20)19(13-14)15-7-6-10-17(12-15)21-16-8-4-3-5-9-16/h2-10,12,14H,1,11,13H2. The quantitative estimate of drug-likeness (QED) is 0.791. The Balaban J connectivity index is 1.80. The van der Waals surface area contributed by atoms with Crippen LogP contribution < -0.4 is 9.64 Å². The molecule has 21 heavy (non-hydrogen) atoms. The maximum Gasteiger partial charge on any atom is 0.227 e. The van der Waals surface area contributed by atoms with Gasteiger partial charge in [-0.15, -0.1) is 6.58 Å². The summed E-state index contributed by atoms with van der Waals surface area (Å²) in [4.78, 5) is 13.8. The number of carbonyl (C=O) groups is 1. The summed E-state index contributed by atoms with van der Waals surface area (Å²) in [5.41, 5.74) is 0.873. The van der Waals surface area contributed by atoms with Crippen molar-refractivity contribution in [1.82, 2.24) is 0 Å². The predicted octanol–water partition coefficient (Wildman–Crippen LogP) is 4.02. The molecule has 1 unspecified atom stereocenters. The molecule has 2 aromatic rings. The van der Waals surface area contributed by atoms with E-state index in [1.807, 2.05) is 60.7 Å². The Kier molecular flexibility index (Phi) is 3.73. The molecule has 0 aromatic heterocycles. The molecule has 0 aliphatic carbocycles. The molecule has 3 nitrogen and oxygen atoms in total. The Labute approximate surface area is 124 Å². The lowest BCUT2D eigenvalue weighted by atomic mass is 10.1. The summed E-state index contributed by atoms with van der Waals surface area (Å²) in [6, 6.07) is 17.2. The summed E-state index contributed by atoms with van der Waals surface area (Å²) in [7, 11) is 0. The monoisotopic (exact) mass is 279 g/mol. The van der Waals surface area contributed by atoms with Crippen LogP contribution in [0.3, 0.4) is 0 Å². The number of hydrogen-bond acceptors (Lipinski definition) is 2. The van der Waals surface area contributed by atoms with Crippen molar-refractivity contribution in [1.29, 1.82) is 0 Å². The third-order valence-electron chi connectivity index (χ3n) is 3.60. The second kappa shape index (κ2) is 5.83. The smallest absolute Gasteiger partial charge is 0.227 e. The second-order valence-corrected chi connectivity index (χ2v) is 5.12. The SMILES string of the molecule is C=CC1CC(=O)N(c2cccc(Oc3ccccc3)c2)C1. The molecule has 0 spiro atoms. The summed E-state index contributed by atoms with van der Waals surface area (Å²) in [5, 5.41) is 0. The zero-order valence-electron chi connectivity index (χ0n) is 11.7. The average molecular weight is 279 g/mol. The fourth-order valence-corrected chi connectivity index (χ4v) is 2.48. The van der Waals surface area contributed by atoms with E-state index in [4.69, 9.17) is 4.74 Å². The van der Waals surface area contributed by atoms with Crippen LogP contribution in [0.25, 0.3) is 0 Å². The summed E-state index contributed by atoms with van der Waals surface area (Å²) >= 11 is 0. The molecule has 1 atom stereocenters. The van der Waals surface area contributed by atoms with E-state index in [-0.39, 0.29) is 11.8 Å². The summed E-state index contributed by atoms with van der Waals surface area (Å²) in [6.45, 7) is 4.47. The Morgan fingerprint density at radius 2 is 1.86 bits per heavy atom. The van der Waals surface area contributed by atoms with E-state index in [0.29, 0.717) is 13.0 Å². The van der Waals surface area contributed by atoms with Crippen molar-refractivity contribution in [3.63, 3.8) is 0 Å². The maximum atomic E-state index is 12.1. The predicted molar refractivity (Wildman–Crippen MR) is 83.6 cm³/mol. The van der Waals surface area contributed by atoms with Crippen LogP contribution in [0, 0.1) is 5.92 Å². The number of amides is 1. The Bertz CT molecular complexity index is 651. The molecular weight excluding hydrogens is 262 g/mol. The van der Waals surface area contributed by atoms with E-state index in [2.05, 4.69) is 6.58 Å². The van der Waals surface area contributed by atoms with Crippen molar-refractivity contribution >= 4 is 11.6 Å². The van der Waals surface area contributed by atoms with Gasteiger partial charge in [0.2, 0.25) is 5.91 Å². The topological polar surface area (TPSA) is 29.5 Å². The van der Waals surface area contributed by atoms with Gasteiger partial charge in [0, 0.05) is 30.6 Å². The van der Waals surface area contributed by atoms with E-state index < -0.39 is 0 Å². The normalized spacial score (nSPS) is 17.8. The first-order valence-corrected chi connectivity index (χ1v) is 7.02. The van der Waals surface area contributed by atoms with E-state index in [1.54, 1.807) is 4.90 Å². The minimum atomic E-state index is 0.136. The molecule has 0 bridgehead atoms. The molecule has 1 fully saturated rings. The lowest BCUT2D eigenvalue weighted by Gasteiger charge is -2.17. The van der Waals surface area contributed by atoms with E-state index in [1.165, 1.54) is 0 Å². The third kappa shape index (κ3) is 2.97. The Morgan fingerprint density at radius 1 is 1.10 bits per heavy atom. The van der Waals surface area contributed by atoms with Crippen molar-refractivity contribution in [3.8, 4) is 11.5 Å². The molecule has 1 heterocycles. The summed E-state index contributed by atoms with van der Waals surface area (Å²) in [6.07, 6.45) is 2.38. The molecule has 1 aliphatic heterocycles. The largest absolute Gasteiger partial charge is 0.457 e. The van der Waals surface area contributed by atoms with Crippen LogP contribution in [0.2, 0.25) is 0 Å². The lowest BCUT2D eigenvalue weighted by Crippen LogP contribution is -2.24. The van der Waals surface area contributed by atoms with Crippen molar-refractivity contribution in [2.45, 2.75) is 6.42 Å². The highest BCUT2D eigenvalue weighted by Gasteiger charge is 2.28. The van der Waals surface area contributed by atoms with Gasteiger partial charge >= 0.3 is 0 Å². The minimum absolute atomic E-state index is 0.136. The Hall–Kier alpha value is -2.55. The van der Waals surface area contributed by atoms with Crippen molar-refractivity contribution in [2.24, 2.45) is 5.92 Å². The van der Waals surface area contributed by atoms with E-state index in [9.17, 15) is 4.79 Å². The molecule has 106 valence electrons. The zero-order valence-corrected chi connectivity index (χ0v) is 11.7. The molecule has 1 aliphatic rings. The van der Waals surface area contributed by atoms with Gasteiger partial charge in [-0.1, -0.05) is 30.3 Å². The number of ether oxygens (including phenoxy) is 1. The molecule has 0 saturated carbocycles. The number of benzene rings is 2. The van der Waals surface area contributed by atoms with Crippen LogP contribution in [-0.4, -0.2) is 12.5 Å². The molecule has 1 amide bonds. The van der Waals surface area contributed by atoms with Crippen LogP contribution in [0.1, 0.15) is 6.42 Å². The van der Waals surface area contributed by atoms with Gasteiger partial charge in [0.25, 0.3) is 0 Å². The fraction of sp³-hybridized carbons (Fsp3) is 0.167. The molecule has 1 saturated heterocycles. The second-order valence-electron chi connectivity index (χ2n) is 5.12. The molecule has 0 radical (unpaired) electrons. The number of rotatable bonds is 4. The minimum Gasteiger partial charge on any atom is -0.457 e. The van der Waals surface area contributed by atoms with Crippen LogP contribution >= 0.6 is 0 Å².